The van der Waals surface area contributed by atoms with Crippen molar-refractivity contribution in [3.63, 3.8) is 0 Å². The largest absolute Gasteiger partial charge is 0.479 e. The normalized spacial score (nSPS) is 23.7. The predicted molar refractivity (Wildman–Crippen MR) is 58.1 cm³/mol. The summed E-state index contributed by atoms with van der Waals surface area (Å²) in [5.41, 5.74) is 0. The Kier molecular flexibility index (Phi) is 3.36. The van der Waals surface area contributed by atoms with Gasteiger partial charge < -0.3 is 9.64 Å². The molecule has 0 saturated carbocycles. The third-order valence-electron chi connectivity index (χ3n) is 3.15. The van der Waals surface area contributed by atoms with E-state index in [0.29, 0.717) is 24.7 Å². The molecule has 4 heteroatoms. The van der Waals surface area contributed by atoms with E-state index in [2.05, 4.69) is 16.9 Å². The summed E-state index contributed by atoms with van der Waals surface area (Å²) in [6.07, 6.45) is 2.39. The number of likely N-dealkylation sites (tertiary alicyclic amines) is 1. The van der Waals surface area contributed by atoms with Crippen LogP contribution in [0.1, 0.15) is 19.3 Å². The first-order valence-electron chi connectivity index (χ1n) is 5.63. The van der Waals surface area contributed by atoms with Gasteiger partial charge in [0.15, 0.2) is 5.90 Å². The van der Waals surface area contributed by atoms with Crippen molar-refractivity contribution in [2.24, 2.45) is 10.9 Å². The van der Waals surface area contributed by atoms with Gasteiger partial charge in [-0.25, -0.2) is 0 Å². The van der Waals surface area contributed by atoms with Crippen LogP contribution in [0, 0.1) is 5.92 Å². The van der Waals surface area contributed by atoms with Gasteiger partial charge >= 0.3 is 0 Å². The van der Waals surface area contributed by atoms with Gasteiger partial charge in [-0.2, -0.15) is 0 Å². The summed E-state index contributed by atoms with van der Waals surface area (Å²) in [5, 5.41) is 0. The first-order chi connectivity index (χ1) is 7.25. The highest BCUT2D eigenvalue weighted by molar-refractivity contribution is 5.99. The number of Topliss-reactive ketones (excluding diaryl/α,β-unsaturated/α-hetero) is 1. The standard InChI is InChI=1S/C11H18N2O2/c1-13-5-2-9(3-6-13)10(14)8-11-12-4-7-15-11/h9H,2-8H2,1H3. The van der Waals surface area contributed by atoms with E-state index in [9.17, 15) is 4.79 Å². The molecule has 0 aromatic heterocycles. The lowest BCUT2D eigenvalue weighted by molar-refractivity contribution is -0.123. The van der Waals surface area contributed by atoms with Gasteiger partial charge in [0.25, 0.3) is 0 Å². The van der Waals surface area contributed by atoms with E-state index in [1.54, 1.807) is 0 Å². The SMILES string of the molecule is CN1CCC(C(=O)CC2=NCCO2)CC1. The molecule has 0 aromatic rings. The van der Waals surface area contributed by atoms with Crippen molar-refractivity contribution in [3.05, 3.63) is 0 Å². The van der Waals surface area contributed by atoms with Crippen LogP contribution in [0.4, 0.5) is 0 Å². The lowest BCUT2D eigenvalue weighted by atomic mass is 9.91. The van der Waals surface area contributed by atoms with Crippen molar-refractivity contribution in [1.82, 2.24) is 4.90 Å². The molecule has 0 aromatic carbocycles. The molecular formula is C11H18N2O2. The van der Waals surface area contributed by atoms with Crippen LogP contribution in [-0.4, -0.2) is 49.9 Å². The van der Waals surface area contributed by atoms with Crippen LogP contribution in [0.5, 0.6) is 0 Å². The van der Waals surface area contributed by atoms with E-state index in [1.807, 2.05) is 0 Å². The maximum absolute atomic E-state index is 11.9. The number of aliphatic imine (C=N–C) groups is 1. The summed E-state index contributed by atoms with van der Waals surface area (Å²) in [5.74, 6) is 1.19. The average Bonchev–Trinajstić information content (AvgIpc) is 2.71. The summed E-state index contributed by atoms with van der Waals surface area (Å²) in [4.78, 5) is 18.3. The monoisotopic (exact) mass is 210 g/mol. The van der Waals surface area contributed by atoms with Gasteiger partial charge in [0, 0.05) is 5.92 Å². The second-order valence-corrected chi connectivity index (χ2v) is 4.34. The number of carbonyl (C=O) groups excluding carboxylic acids is 1. The first kappa shape index (κ1) is 10.6. The summed E-state index contributed by atoms with van der Waals surface area (Å²) in [6.45, 7) is 3.43. The highest BCUT2D eigenvalue weighted by atomic mass is 16.5. The number of hydrogen-bond acceptors (Lipinski definition) is 4. The molecule has 2 aliphatic rings. The zero-order valence-corrected chi connectivity index (χ0v) is 9.24. The van der Waals surface area contributed by atoms with Gasteiger partial charge in [-0.05, 0) is 33.0 Å². The van der Waals surface area contributed by atoms with Crippen LogP contribution in [0.2, 0.25) is 0 Å². The predicted octanol–water partition coefficient (Wildman–Crippen LogP) is 0.716. The van der Waals surface area contributed by atoms with Crippen molar-refractivity contribution in [2.75, 3.05) is 33.3 Å². The van der Waals surface area contributed by atoms with Crippen LogP contribution in [0.25, 0.3) is 0 Å². The molecule has 84 valence electrons. The van der Waals surface area contributed by atoms with E-state index in [1.165, 1.54) is 0 Å². The van der Waals surface area contributed by atoms with Crippen LogP contribution in [0.15, 0.2) is 4.99 Å². The minimum absolute atomic E-state index is 0.230. The maximum atomic E-state index is 11.9. The molecule has 0 radical (unpaired) electrons. The fourth-order valence-electron chi connectivity index (χ4n) is 2.11. The van der Waals surface area contributed by atoms with Crippen LogP contribution in [0.3, 0.4) is 0 Å². The summed E-state index contributed by atoms with van der Waals surface area (Å²) < 4.78 is 5.25. The molecule has 15 heavy (non-hydrogen) atoms. The Morgan fingerprint density at radius 3 is 2.87 bits per heavy atom. The van der Waals surface area contributed by atoms with Gasteiger partial charge in [0.05, 0.1) is 13.0 Å². The average molecular weight is 210 g/mol. The van der Waals surface area contributed by atoms with Gasteiger partial charge in [-0.3, -0.25) is 9.79 Å². The van der Waals surface area contributed by atoms with E-state index >= 15 is 0 Å². The van der Waals surface area contributed by atoms with E-state index in [-0.39, 0.29) is 5.92 Å². The second kappa shape index (κ2) is 4.75. The van der Waals surface area contributed by atoms with Crippen molar-refractivity contribution >= 4 is 11.7 Å². The van der Waals surface area contributed by atoms with Gasteiger partial charge in [0.2, 0.25) is 0 Å². The number of ketones is 1. The molecule has 4 nitrogen and oxygen atoms in total. The van der Waals surface area contributed by atoms with Gasteiger partial charge in [-0.1, -0.05) is 0 Å². The molecule has 0 N–H and O–H groups in total. The lowest BCUT2D eigenvalue weighted by Crippen LogP contribution is -2.34. The van der Waals surface area contributed by atoms with Crippen molar-refractivity contribution in [3.8, 4) is 0 Å². The molecular weight excluding hydrogens is 192 g/mol. The van der Waals surface area contributed by atoms with E-state index in [4.69, 9.17) is 4.74 Å². The van der Waals surface area contributed by atoms with E-state index in [0.717, 1.165) is 32.5 Å². The molecule has 1 fully saturated rings. The third kappa shape index (κ3) is 2.78. The maximum Gasteiger partial charge on any atom is 0.190 e. The molecule has 0 amide bonds. The van der Waals surface area contributed by atoms with Crippen molar-refractivity contribution in [1.29, 1.82) is 0 Å². The first-order valence-corrected chi connectivity index (χ1v) is 5.63. The minimum atomic E-state index is 0.230. The number of hydrogen-bond donors (Lipinski definition) is 0. The van der Waals surface area contributed by atoms with Gasteiger partial charge in [-0.15, -0.1) is 0 Å². The Balaban J connectivity index is 1.80. The van der Waals surface area contributed by atoms with Crippen LogP contribution < -0.4 is 0 Å². The smallest absolute Gasteiger partial charge is 0.190 e. The molecule has 0 spiro atoms. The molecule has 0 aliphatic carbocycles. The Morgan fingerprint density at radius 1 is 1.53 bits per heavy atom. The Labute approximate surface area is 90.3 Å². The molecule has 2 rings (SSSR count). The zero-order valence-electron chi connectivity index (χ0n) is 9.24. The molecule has 1 saturated heterocycles. The fourth-order valence-corrected chi connectivity index (χ4v) is 2.11. The molecule has 2 heterocycles. The van der Waals surface area contributed by atoms with Crippen molar-refractivity contribution < 1.29 is 9.53 Å². The number of piperidine rings is 1. The number of ether oxygens (including phenoxy) is 1. The fraction of sp³-hybridized carbons (Fsp3) is 0.818. The highest BCUT2D eigenvalue weighted by Gasteiger charge is 2.25. The lowest BCUT2D eigenvalue weighted by Gasteiger charge is -2.27. The molecule has 2 aliphatic heterocycles. The van der Waals surface area contributed by atoms with Crippen LogP contribution >= 0.6 is 0 Å². The Hall–Kier alpha value is -0.900. The summed E-state index contributed by atoms with van der Waals surface area (Å²) in [6, 6.07) is 0. The summed E-state index contributed by atoms with van der Waals surface area (Å²) in [7, 11) is 2.10. The highest BCUT2D eigenvalue weighted by Crippen LogP contribution is 2.19. The minimum Gasteiger partial charge on any atom is -0.479 e. The zero-order chi connectivity index (χ0) is 10.7. The molecule has 0 atom stereocenters. The quantitative estimate of drug-likeness (QED) is 0.689. The van der Waals surface area contributed by atoms with E-state index < -0.39 is 0 Å². The number of nitrogens with zero attached hydrogens (tertiary/aromatic N) is 2. The van der Waals surface area contributed by atoms with Gasteiger partial charge in [0.1, 0.15) is 12.4 Å². The third-order valence-corrected chi connectivity index (χ3v) is 3.15. The molecule has 0 bridgehead atoms. The Morgan fingerprint density at radius 2 is 2.27 bits per heavy atom. The number of rotatable bonds is 3. The Bertz CT molecular complexity index is 268. The van der Waals surface area contributed by atoms with Crippen molar-refractivity contribution in [2.45, 2.75) is 19.3 Å². The second-order valence-electron chi connectivity index (χ2n) is 4.34. The number of carbonyl (C=O) groups is 1. The topological polar surface area (TPSA) is 41.9 Å². The molecule has 0 unspecified atom stereocenters. The van der Waals surface area contributed by atoms with Crippen LogP contribution in [-0.2, 0) is 9.53 Å². The summed E-state index contributed by atoms with van der Waals surface area (Å²) >= 11 is 0.